The van der Waals surface area contributed by atoms with Gasteiger partial charge in [0.1, 0.15) is 5.76 Å². The second kappa shape index (κ2) is 8.95. The van der Waals surface area contributed by atoms with E-state index in [4.69, 9.17) is 23.2 Å². The zero-order chi connectivity index (χ0) is 21.1. The fourth-order valence-electron chi connectivity index (χ4n) is 3.36. The smallest absolute Gasteiger partial charge is 0.295 e. The molecule has 29 heavy (non-hydrogen) atoms. The van der Waals surface area contributed by atoms with Crippen LogP contribution in [-0.4, -0.2) is 58.8 Å². The van der Waals surface area contributed by atoms with E-state index in [1.807, 2.05) is 19.0 Å². The van der Waals surface area contributed by atoms with Crippen LogP contribution < -0.4 is 0 Å². The summed E-state index contributed by atoms with van der Waals surface area (Å²) in [4.78, 5) is 33.1. The van der Waals surface area contributed by atoms with Crippen molar-refractivity contribution in [3.8, 4) is 0 Å². The molecule has 3 rings (SSSR count). The minimum absolute atomic E-state index is 0.0319. The Labute approximate surface area is 179 Å². The zero-order valence-electron chi connectivity index (χ0n) is 16.1. The second-order valence-corrected chi connectivity index (χ2v) is 7.87. The van der Waals surface area contributed by atoms with Crippen LogP contribution in [0.1, 0.15) is 23.6 Å². The molecule has 6 nitrogen and oxygen atoms in total. The lowest BCUT2D eigenvalue weighted by Crippen LogP contribution is -2.32. The number of amides is 1. The lowest BCUT2D eigenvalue weighted by molar-refractivity contribution is -0.139. The van der Waals surface area contributed by atoms with Crippen molar-refractivity contribution < 1.29 is 14.7 Å². The zero-order valence-corrected chi connectivity index (χ0v) is 17.6. The highest BCUT2D eigenvalue weighted by atomic mass is 35.5. The van der Waals surface area contributed by atoms with Crippen LogP contribution >= 0.6 is 23.2 Å². The number of aromatic nitrogens is 1. The van der Waals surface area contributed by atoms with Crippen LogP contribution in [-0.2, 0) is 9.59 Å². The maximum atomic E-state index is 12.9. The van der Waals surface area contributed by atoms with Gasteiger partial charge in [0, 0.05) is 24.5 Å². The summed E-state index contributed by atoms with van der Waals surface area (Å²) in [5, 5.41) is 11.6. The molecule has 0 spiro atoms. The standard InChI is InChI=1S/C21H21Cl2N3O3/c1-25(2)10-3-11-26-18(14-4-5-15(22)16(23)12-14)17(20(28)21(26)29)19(27)13-6-8-24-9-7-13/h4-9,12,18,27H,3,10-11H2,1-2H3/b19-17+/t18-/m0/s1. The topological polar surface area (TPSA) is 73.7 Å². The molecule has 1 saturated heterocycles. The van der Waals surface area contributed by atoms with Crippen LogP contribution in [0.4, 0.5) is 0 Å². The van der Waals surface area contributed by atoms with Crippen molar-refractivity contribution in [1.29, 1.82) is 0 Å². The number of carbonyl (C=O) groups excluding carboxylic acids is 2. The molecule has 1 aromatic heterocycles. The number of likely N-dealkylation sites (tertiary alicyclic amines) is 1. The number of hydrogen-bond donors (Lipinski definition) is 1. The first kappa shape index (κ1) is 21.3. The maximum absolute atomic E-state index is 12.9. The highest BCUT2D eigenvalue weighted by Crippen LogP contribution is 2.40. The van der Waals surface area contributed by atoms with Gasteiger partial charge in [0.15, 0.2) is 0 Å². The molecule has 1 fully saturated rings. The van der Waals surface area contributed by atoms with E-state index in [2.05, 4.69) is 4.98 Å². The molecule has 1 aliphatic rings. The predicted octanol–water partition coefficient (Wildman–Crippen LogP) is 3.76. The minimum atomic E-state index is -0.750. The van der Waals surface area contributed by atoms with E-state index < -0.39 is 17.7 Å². The van der Waals surface area contributed by atoms with Gasteiger partial charge >= 0.3 is 0 Å². The van der Waals surface area contributed by atoms with Gasteiger partial charge in [-0.3, -0.25) is 14.6 Å². The molecule has 2 aromatic rings. The first-order chi connectivity index (χ1) is 13.8. The van der Waals surface area contributed by atoms with Crippen LogP contribution in [0.15, 0.2) is 48.3 Å². The Bertz CT molecular complexity index is 961. The molecule has 0 radical (unpaired) electrons. The fraction of sp³-hybridized carbons (Fsp3) is 0.286. The van der Waals surface area contributed by atoms with Crippen molar-refractivity contribution in [2.75, 3.05) is 27.2 Å². The second-order valence-electron chi connectivity index (χ2n) is 7.06. The Balaban J connectivity index is 2.11. The van der Waals surface area contributed by atoms with Gasteiger partial charge < -0.3 is 14.9 Å². The normalized spacial score (nSPS) is 18.7. The Morgan fingerprint density at radius 2 is 1.83 bits per heavy atom. The number of pyridine rings is 1. The van der Waals surface area contributed by atoms with Crippen LogP contribution in [0.3, 0.4) is 0 Å². The van der Waals surface area contributed by atoms with Gasteiger partial charge in [0.05, 0.1) is 21.7 Å². The van der Waals surface area contributed by atoms with E-state index in [-0.39, 0.29) is 11.3 Å². The molecule has 0 saturated carbocycles. The van der Waals surface area contributed by atoms with Gasteiger partial charge in [0.25, 0.3) is 11.7 Å². The number of rotatable bonds is 6. The summed E-state index contributed by atoms with van der Waals surface area (Å²) >= 11 is 12.2. The van der Waals surface area contributed by atoms with Gasteiger partial charge in [-0.05, 0) is 56.9 Å². The van der Waals surface area contributed by atoms with Gasteiger partial charge in [-0.2, -0.15) is 0 Å². The van der Waals surface area contributed by atoms with Crippen LogP contribution in [0.2, 0.25) is 10.0 Å². The van der Waals surface area contributed by atoms with Crippen LogP contribution in [0.5, 0.6) is 0 Å². The largest absolute Gasteiger partial charge is 0.507 e. The van der Waals surface area contributed by atoms with Crippen molar-refractivity contribution >= 4 is 40.7 Å². The van der Waals surface area contributed by atoms with Gasteiger partial charge in [-0.1, -0.05) is 29.3 Å². The maximum Gasteiger partial charge on any atom is 0.295 e. The molecule has 1 atom stereocenters. The van der Waals surface area contributed by atoms with Crippen LogP contribution in [0, 0.1) is 0 Å². The first-order valence-corrected chi connectivity index (χ1v) is 9.85. The van der Waals surface area contributed by atoms with Crippen LogP contribution in [0.25, 0.3) is 5.76 Å². The molecule has 1 aromatic carbocycles. The molecule has 1 N–H and O–H groups in total. The van der Waals surface area contributed by atoms with Crippen molar-refractivity contribution in [3.63, 3.8) is 0 Å². The molecule has 0 aliphatic carbocycles. The molecule has 1 amide bonds. The van der Waals surface area contributed by atoms with E-state index >= 15 is 0 Å². The SMILES string of the molecule is CN(C)CCCN1C(=O)C(=O)/C(=C(/O)c2ccncc2)[C@@H]1c1ccc(Cl)c(Cl)c1. The number of hydrogen-bond acceptors (Lipinski definition) is 5. The van der Waals surface area contributed by atoms with Gasteiger partial charge in [0.2, 0.25) is 0 Å². The average Bonchev–Trinajstić information content (AvgIpc) is 2.95. The molecule has 2 heterocycles. The van der Waals surface area contributed by atoms with Crippen molar-refractivity contribution in [2.45, 2.75) is 12.5 Å². The summed E-state index contributed by atoms with van der Waals surface area (Å²) in [5.41, 5.74) is 1.06. The first-order valence-electron chi connectivity index (χ1n) is 9.09. The van der Waals surface area contributed by atoms with E-state index in [0.717, 1.165) is 6.54 Å². The number of aliphatic hydroxyl groups is 1. The predicted molar refractivity (Wildman–Crippen MR) is 113 cm³/mol. The van der Waals surface area contributed by atoms with Crippen molar-refractivity contribution in [2.24, 2.45) is 0 Å². The minimum Gasteiger partial charge on any atom is -0.507 e. The van der Waals surface area contributed by atoms with Gasteiger partial charge in [-0.25, -0.2) is 0 Å². The molecule has 0 unspecified atom stereocenters. The number of Topliss-reactive ketones (excluding diaryl/α,β-unsaturated/α-hetero) is 1. The molecule has 0 bridgehead atoms. The average molecular weight is 434 g/mol. The molecular formula is C21H21Cl2N3O3. The third kappa shape index (κ3) is 4.45. The van der Waals surface area contributed by atoms with Crippen molar-refractivity contribution in [1.82, 2.24) is 14.8 Å². The summed E-state index contributed by atoms with van der Waals surface area (Å²) in [7, 11) is 3.88. The van der Waals surface area contributed by atoms with E-state index in [0.29, 0.717) is 34.1 Å². The number of aliphatic hydroxyl groups excluding tert-OH is 1. The third-order valence-electron chi connectivity index (χ3n) is 4.76. The molecule has 1 aliphatic heterocycles. The Morgan fingerprint density at radius 1 is 1.14 bits per heavy atom. The van der Waals surface area contributed by atoms with Crippen molar-refractivity contribution in [3.05, 3.63) is 69.5 Å². The highest BCUT2D eigenvalue weighted by molar-refractivity contribution is 6.46. The van der Waals surface area contributed by atoms with E-state index in [9.17, 15) is 14.7 Å². The summed E-state index contributed by atoms with van der Waals surface area (Å²) in [5.74, 6) is -1.60. The molecule has 152 valence electrons. The molecular weight excluding hydrogens is 413 g/mol. The lowest BCUT2D eigenvalue weighted by Gasteiger charge is -2.26. The quantitative estimate of drug-likeness (QED) is 0.426. The van der Waals surface area contributed by atoms with E-state index in [1.165, 1.54) is 17.3 Å². The summed E-state index contributed by atoms with van der Waals surface area (Å²) < 4.78 is 0. The Hall–Kier alpha value is -2.41. The Morgan fingerprint density at radius 3 is 2.45 bits per heavy atom. The number of benzene rings is 1. The monoisotopic (exact) mass is 433 g/mol. The van der Waals surface area contributed by atoms with E-state index in [1.54, 1.807) is 30.3 Å². The summed E-state index contributed by atoms with van der Waals surface area (Å²) in [6.07, 6.45) is 3.69. The Kier molecular flexibility index (Phi) is 6.57. The number of ketones is 1. The molecule has 8 heteroatoms. The number of carbonyl (C=O) groups is 2. The fourth-order valence-corrected chi connectivity index (χ4v) is 3.67. The van der Waals surface area contributed by atoms with Gasteiger partial charge in [-0.15, -0.1) is 0 Å². The third-order valence-corrected chi connectivity index (χ3v) is 5.50. The summed E-state index contributed by atoms with van der Waals surface area (Å²) in [6, 6.07) is 7.37. The summed E-state index contributed by atoms with van der Waals surface area (Å²) in [6.45, 7) is 1.11. The number of nitrogens with zero attached hydrogens (tertiary/aromatic N) is 3. The number of halogens is 2. The lowest BCUT2D eigenvalue weighted by atomic mass is 9.95. The highest BCUT2D eigenvalue weighted by Gasteiger charge is 2.45.